The predicted molar refractivity (Wildman–Crippen MR) is 84.4 cm³/mol. The molecule has 1 aromatic rings. The van der Waals surface area contributed by atoms with Gasteiger partial charge >= 0.3 is 6.11 Å². The summed E-state index contributed by atoms with van der Waals surface area (Å²) in [6, 6.07) is 5.98. The van der Waals surface area contributed by atoms with E-state index in [1.54, 1.807) is 19.1 Å². The SMILES string of the molecule is Cc1ccc(OC(F)(F)C23CCC(C)(CC2)C(F)=C3F)c(C#N)c1C#N. The number of hydrogen-bond acceptors (Lipinski definition) is 3. The van der Waals surface area contributed by atoms with Gasteiger partial charge in [0.2, 0.25) is 0 Å². The number of halogens is 4. The van der Waals surface area contributed by atoms with Crippen molar-refractivity contribution in [1.29, 1.82) is 10.5 Å². The summed E-state index contributed by atoms with van der Waals surface area (Å²) >= 11 is 0. The molecule has 3 aliphatic carbocycles. The highest BCUT2D eigenvalue weighted by Gasteiger charge is 2.67. The topological polar surface area (TPSA) is 56.8 Å². The summed E-state index contributed by atoms with van der Waals surface area (Å²) in [7, 11) is 0. The fraction of sp³-hybridized carbons (Fsp3) is 0.474. The monoisotopic (exact) mass is 364 g/mol. The van der Waals surface area contributed by atoms with Crippen LogP contribution in [0.15, 0.2) is 23.8 Å². The molecular weight excluding hydrogens is 348 g/mol. The van der Waals surface area contributed by atoms with Gasteiger partial charge in [-0.1, -0.05) is 13.0 Å². The third-order valence-electron chi connectivity index (χ3n) is 5.74. The number of aryl methyl sites for hydroxylation is 1. The van der Waals surface area contributed by atoms with E-state index >= 15 is 8.78 Å². The Labute approximate surface area is 148 Å². The predicted octanol–water partition coefficient (Wildman–Crippen LogP) is 5.44. The number of nitriles is 2. The molecule has 0 heterocycles. The molecule has 0 aliphatic heterocycles. The summed E-state index contributed by atoms with van der Waals surface area (Å²) < 4.78 is 63.7. The minimum Gasteiger partial charge on any atom is -0.430 e. The van der Waals surface area contributed by atoms with Gasteiger partial charge < -0.3 is 4.74 Å². The average Bonchev–Trinajstić information content (AvgIpc) is 2.60. The zero-order valence-electron chi connectivity index (χ0n) is 14.3. The first-order valence-electron chi connectivity index (χ1n) is 8.19. The molecule has 1 aromatic carbocycles. The van der Waals surface area contributed by atoms with Crippen LogP contribution in [0.25, 0.3) is 0 Å². The van der Waals surface area contributed by atoms with Crippen molar-refractivity contribution in [2.24, 2.45) is 10.8 Å². The van der Waals surface area contributed by atoms with Gasteiger partial charge in [-0.3, -0.25) is 0 Å². The second kappa shape index (κ2) is 5.74. The van der Waals surface area contributed by atoms with Crippen molar-refractivity contribution in [2.75, 3.05) is 0 Å². The first-order chi connectivity index (χ1) is 12.1. The lowest BCUT2D eigenvalue weighted by molar-refractivity contribution is -0.270. The number of nitrogens with zero attached hydrogens (tertiary/aromatic N) is 2. The molecule has 0 aromatic heterocycles. The normalized spacial score (nSPS) is 27.8. The first kappa shape index (κ1) is 18.3. The highest BCUT2D eigenvalue weighted by atomic mass is 19.3. The number of fused-ring (bicyclic) bond motifs is 2. The zero-order valence-corrected chi connectivity index (χ0v) is 14.3. The van der Waals surface area contributed by atoms with Crippen LogP contribution in [0, 0.1) is 40.4 Å². The Hall–Kier alpha value is -2.54. The van der Waals surface area contributed by atoms with E-state index in [2.05, 4.69) is 0 Å². The third kappa shape index (κ3) is 2.30. The van der Waals surface area contributed by atoms with Crippen LogP contribution in [0.1, 0.15) is 49.3 Å². The summed E-state index contributed by atoms with van der Waals surface area (Å²) in [6.45, 7) is 3.08. The van der Waals surface area contributed by atoms with Crippen molar-refractivity contribution in [3.8, 4) is 17.9 Å². The van der Waals surface area contributed by atoms with Gasteiger partial charge in [0, 0.05) is 5.41 Å². The van der Waals surface area contributed by atoms with E-state index in [4.69, 9.17) is 10.00 Å². The van der Waals surface area contributed by atoms with Crippen molar-refractivity contribution in [3.05, 3.63) is 40.5 Å². The van der Waals surface area contributed by atoms with Gasteiger partial charge in [-0.25, -0.2) is 8.78 Å². The molecule has 3 nitrogen and oxygen atoms in total. The zero-order chi connectivity index (χ0) is 19.3. The van der Waals surface area contributed by atoms with Gasteiger partial charge in [0.15, 0.2) is 0 Å². The molecule has 2 bridgehead atoms. The second-order valence-corrected chi connectivity index (χ2v) is 7.24. The Morgan fingerprint density at radius 1 is 1.00 bits per heavy atom. The molecule has 1 fully saturated rings. The third-order valence-corrected chi connectivity index (χ3v) is 5.74. The Kier molecular flexibility index (Phi) is 4.03. The Balaban J connectivity index is 2.07. The molecule has 4 rings (SSSR count). The number of hydrogen-bond donors (Lipinski definition) is 0. The molecule has 0 radical (unpaired) electrons. The number of alkyl halides is 2. The van der Waals surface area contributed by atoms with Gasteiger partial charge in [-0.2, -0.15) is 19.3 Å². The van der Waals surface area contributed by atoms with Crippen LogP contribution in [0.4, 0.5) is 17.6 Å². The van der Waals surface area contributed by atoms with E-state index in [0.717, 1.165) is 6.07 Å². The molecule has 0 spiro atoms. The molecule has 0 N–H and O–H groups in total. The highest BCUT2D eigenvalue weighted by molar-refractivity contribution is 5.57. The molecule has 136 valence electrons. The number of rotatable bonds is 3. The van der Waals surface area contributed by atoms with E-state index in [1.807, 2.05) is 0 Å². The minimum atomic E-state index is -4.07. The van der Waals surface area contributed by atoms with Gasteiger partial charge in [-0.15, -0.1) is 0 Å². The molecule has 0 unspecified atom stereocenters. The summed E-state index contributed by atoms with van der Waals surface area (Å²) in [5.74, 6) is -3.12. The smallest absolute Gasteiger partial charge is 0.410 e. The quantitative estimate of drug-likeness (QED) is 0.671. The van der Waals surface area contributed by atoms with Gasteiger partial charge in [-0.05, 0) is 44.2 Å². The van der Waals surface area contributed by atoms with Crippen molar-refractivity contribution in [1.82, 2.24) is 0 Å². The van der Waals surface area contributed by atoms with Crippen LogP contribution >= 0.6 is 0 Å². The number of ether oxygens (including phenoxy) is 1. The molecule has 0 atom stereocenters. The first-order valence-corrected chi connectivity index (χ1v) is 8.19. The molecule has 0 amide bonds. The lowest BCUT2D eigenvalue weighted by Gasteiger charge is -2.51. The van der Waals surface area contributed by atoms with Gasteiger partial charge in [0.1, 0.15) is 40.5 Å². The van der Waals surface area contributed by atoms with E-state index in [0.29, 0.717) is 5.56 Å². The maximum absolute atomic E-state index is 15.0. The largest absolute Gasteiger partial charge is 0.430 e. The van der Waals surface area contributed by atoms with Crippen LogP contribution in [0.5, 0.6) is 5.75 Å². The van der Waals surface area contributed by atoms with Crippen molar-refractivity contribution < 1.29 is 22.3 Å². The summed E-state index contributed by atoms with van der Waals surface area (Å²) in [4.78, 5) is 0. The minimum absolute atomic E-state index is 0.0830. The van der Waals surface area contributed by atoms with Crippen LogP contribution < -0.4 is 4.74 Å². The van der Waals surface area contributed by atoms with Crippen LogP contribution in [0.2, 0.25) is 0 Å². The fourth-order valence-corrected chi connectivity index (χ4v) is 3.83. The van der Waals surface area contributed by atoms with E-state index in [1.165, 1.54) is 13.0 Å². The maximum Gasteiger partial charge on any atom is 0.410 e. The van der Waals surface area contributed by atoms with Gasteiger partial charge in [0.25, 0.3) is 0 Å². The van der Waals surface area contributed by atoms with Crippen LogP contribution in [-0.4, -0.2) is 6.11 Å². The molecule has 7 heteroatoms. The van der Waals surface area contributed by atoms with Crippen molar-refractivity contribution >= 4 is 0 Å². The van der Waals surface area contributed by atoms with E-state index < -0.39 is 34.3 Å². The lowest BCUT2D eigenvalue weighted by atomic mass is 9.57. The fourth-order valence-electron chi connectivity index (χ4n) is 3.83. The Morgan fingerprint density at radius 3 is 2.12 bits per heavy atom. The molecular formula is C19H16F4N2O. The van der Waals surface area contributed by atoms with Crippen LogP contribution in [-0.2, 0) is 0 Å². The average molecular weight is 364 g/mol. The lowest BCUT2D eigenvalue weighted by Crippen LogP contribution is -2.53. The Morgan fingerprint density at radius 2 is 1.58 bits per heavy atom. The molecule has 0 saturated heterocycles. The second-order valence-electron chi connectivity index (χ2n) is 7.24. The number of benzene rings is 1. The van der Waals surface area contributed by atoms with Crippen LogP contribution in [0.3, 0.4) is 0 Å². The number of allylic oxidation sites excluding steroid dienone is 1. The summed E-state index contributed by atoms with van der Waals surface area (Å²) in [6.07, 6.45) is -4.39. The molecule has 26 heavy (non-hydrogen) atoms. The molecule has 3 aliphatic rings. The van der Waals surface area contributed by atoms with Crippen molar-refractivity contribution in [2.45, 2.75) is 45.6 Å². The highest BCUT2D eigenvalue weighted by Crippen LogP contribution is 2.65. The van der Waals surface area contributed by atoms with E-state index in [-0.39, 0.29) is 36.8 Å². The summed E-state index contributed by atoms with van der Waals surface area (Å²) in [5.41, 5.74) is -3.43. The standard InChI is InChI=1S/C19H16F4N2O/c1-11-3-4-14(13(10-25)12(11)9-24)26-19(22,23)18-7-5-17(2,6-8-18)15(20)16(18)21/h3-4H,5-8H2,1-2H3. The van der Waals surface area contributed by atoms with Crippen molar-refractivity contribution in [3.63, 3.8) is 0 Å². The maximum atomic E-state index is 15.0. The molecule has 1 saturated carbocycles. The summed E-state index contributed by atoms with van der Waals surface area (Å²) in [5, 5.41) is 18.4. The Bertz CT molecular complexity index is 884. The van der Waals surface area contributed by atoms with Gasteiger partial charge in [0.05, 0.1) is 5.56 Å². The van der Waals surface area contributed by atoms with E-state index in [9.17, 15) is 14.0 Å².